The largest absolute Gasteiger partial charge is 0.459 e. The maximum atomic E-state index is 14.1. The summed E-state index contributed by atoms with van der Waals surface area (Å²) in [6, 6.07) is 18.1. The number of hydrogen-bond donors (Lipinski definition) is 1. The van der Waals surface area contributed by atoms with Gasteiger partial charge < -0.3 is 14.6 Å². The van der Waals surface area contributed by atoms with E-state index in [0.29, 0.717) is 24.1 Å². The number of carbonyl (C=O) groups excluding carboxylic acids is 1. The minimum absolute atomic E-state index is 0.00183. The quantitative estimate of drug-likeness (QED) is 0.203. The summed E-state index contributed by atoms with van der Waals surface area (Å²) in [6.07, 6.45) is -3.89. The van der Waals surface area contributed by atoms with Crippen LogP contribution >= 0.6 is 0 Å². The molecule has 1 heterocycles. The van der Waals surface area contributed by atoms with Gasteiger partial charge >= 0.3 is 12.1 Å². The highest BCUT2D eigenvalue weighted by atomic mass is 19.4. The Morgan fingerprint density at radius 2 is 1.62 bits per heavy atom. The molecule has 1 aromatic heterocycles. The van der Waals surface area contributed by atoms with Crippen LogP contribution in [0.4, 0.5) is 13.2 Å². The van der Waals surface area contributed by atoms with Crippen LogP contribution in [-0.2, 0) is 22.1 Å². The topological polar surface area (TPSA) is 77.2 Å². The van der Waals surface area contributed by atoms with Gasteiger partial charge in [-0.25, -0.2) is 0 Å². The van der Waals surface area contributed by atoms with Crippen LogP contribution in [0.5, 0.6) is 0 Å². The van der Waals surface area contributed by atoms with E-state index in [1.54, 1.807) is 37.3 Å². The smallest absolute Gasteiger partial charge is 0.417 e. The molecule has 0 aliphatic carbocycles. The fourth-order valence-corrected chi connectivity index (χ4v) is 4.63. The molecule has 4 aromatic rings. The molecule has 6 nitrogen and oxygen atoms in total. The third-order valence-corrected chi connectivity index (χ3v) is 6.75. The van der Waals surface area contributed by atoms with Gasteiger partial charge in [0.2, 0.25) is 5.82 Å². The fraction of sp³-hybridized carbons (Fsp3) is 0.364. The molecular weight excluding hydrogens is 543 g/mol. The Hall–Kier alpha value is -3.98. The van der Waals surface area contributed by atoms with Crippen LogP contribution in [0.15, 0.2) is 71.3 Å². The molecule has 42 heavy (non-hydrogen) atoms. The number of rotatable bonds is 9. The van der Waals surface area contributed by atoms with Gasteiger partial charge in [-0.1, -0.05) is 73.6 Å². The Bertz CT molecular complexity index is 1520. The summed E-state index contributed by atoms with van der Waals surface area (Å²) >= 11 is 0. The number of nitrogens with zero attached hydrogens (tertiary/aromatic N) is 2. The molecule has 1 unspecified atom stereocenters. The lowest BCUT2D eigenvalue weighted by Gasteiger charge is -2.26. The van der Waals surface area contributed by atoms with E-state index in [0.717, 1.165) is 17.2 Å². The highest BCUT2D eigenvalue weighted by Crippen LogP contribution is 2.40. The molecule has 9 heteroatoms. The minimum atomic E-state index is -4.57. The van der Waals surface area contributed by atoms with Gasteiger partial charge in [-0.05, 0) is 81.0 Å². The van der Waals surface area contributed by atoms with Crippen LogP contribution < -0.4 is 5.32 Å². The normalized spacial score (nSPS) is 12.9. The van der Waals surface area contributed by atoms with Crippen LogP contribution in [0, 0.1) is 12.8 Å². The lowest BCUT2D eigenvalue weighted by atomic mass is 9.94. The van der Waals surface area contributed by atoms with E-state index in [2.05, 4.69) is 15.5 Å². The number of esters is 1. The van der Waals surface area contributed by atoms with Crippen molar-refractivity contribution in [2.24, 2.45) is 5.92 Å². The molecule has 0 fully saturated rings. The average Bonchev–Trinajstić information content (AvgIpc) is 3.40. The average molecular weight is 580 g/mol. The Morgan fingerprint density at radius 1 is 0.952 bits per heavy atom. The molecule has 0 amide bonds. The Morgan fingerprint density at radius 3 is 2.24 bits per heavy atom. The van der Waals surface area contributed by atoms with E-state index in [1.165, 1.54) is 6.07 Å². The Kier molecular flexibility index (Phi) is 9.21. The standard InChI is InChI=1S/C33H36F3N3O3/c1-20(2)28(31(40)41-32(4,5)6)37-18-17-22-11-13-23(14-12-22)29-38-30(42-39-29)24-15-16-26(27(19-24)33(34,35)36)25-10-8-7-9-21(25)3/h7-16,19-20,28,37H,17-18H2,1-6H3. The first kappa shape index (κ1) is 31.0. The maximum absolute atomic E-state index is 14.1. The number of aromatic nitrogens is 2. The van der Waals surface area contributed by atoms with Crippen molar-refractivity contribution >= 4 is 5.97 Å². The maximum Gasteiger partial charge on any atom is 0.417 e. The number of hydrogen-bond acceptors (Lipinski definition) is 6. The Labute approximate surface area is 244 Å². The number of nitrogens with one attached hydrogen (secondary N) is 1. The van der Waals surface area contributed by atoms with E-state index < -0.39 is 23.4 Å². The molecule has 0 saturated heterocycles. The third-order valence-electron chi connectivity index (χ3n) is 6.75. The molecule has 1 atom stereocenters. The van der Waals surface area contributed by atoms with Crippen molar-refractivity contribution in [1.29, 1.82) is 0 Å². The number of ether oxygens (including phenoxy) is 1. The summed E-state index contributed by atoms with van der Waals surface area (Å²) in [4.78, 5) is 16.9. The van der Waals surface area contributed by atoms with Gasteiger partial charge in [-0.2, -0.15) is 18.2 Å². The molecular formula is C33H36F3N3O3. The molecule has 0 aliphatic heterocycles. The SMILES string of the molecule is Cc1ccccc1-c1ccc(-c2nc(-c3ccc(CCNC(C(=O)OC(C)(C)C)C(C)C)cc3)no2)cc1C(F)(F)F. The zero-order valence-electron chi connectivity index (χ0n) is 24.7. The fourth-order valence-electron chi connectivity index (χ4n) is 4.63. The number of aryl methyl sites for hydroxylation is 1. The van der Waals surface area contributed by atoms with Crippen molar-refractivity contribution in [3.63, 3.8) is 0 Å². The van der Waals surface area contributed by atoms with Crippen molar-refractivity contribution < 1.29 is 27.2 Å². The van der Waals surface area contributed by atoms with Gasteiger partial charge in [-0.15, -0.1) is 0 Å². The van der Waals surface area contributed by atoms with Crippen LogP contribution in [0.1, 0.15) is 51.3 Å². The van der Waals surface area contributed by atoms with Gasteiger partial charge in [0.1, 0.15) is 11.6 Å². The van der Waals surface area contributed by atoms with Crippen LogP contribution in [-0.4, -0.2) is 34.3 Å². The van der Waals surface area contributed by atoms with E-state index in [9.17, 15) is 18.0 Å². The lowest BCUT2D eigenvalue weighted by Crippen LogP contribution is -2.45. The lowest BCUT2D eigenvalue weighted by molar-refractivity contribution is -0.158. The minimum Gasteiger partial charge on any atom is -0.459 e. The monoisotopic (exact) mass is 579 g/mol. The molecule has 222 valence electrons. The number of alkyl halides is 3. The molecule has 0 saturated carbocycles. The predicted octanol–water partition coefficient (Wildman–Crippen LogP) is 7.90. The van der Waals surface area contributed by atoms with Gasteiger partial charge in [0.25, 0.3) is 5.89 Å². The van der Waals surface area contributed by atoms with Gasteiger partial charge in [0.15, 0.2) is 0 Å². The van der Waals surface area contributed by atoms with Crippen LogP contribution in [0.25, 0.3) is 34.0 Å². The van der Waals surface area contributed by atoms with Crippen LogP contribution in [0.2, 0.25) is 0 Å². The number of benzene rings is 3. The zero-order valence-corrected chi connectivity index (χ0v) is 24.7. The summed E-state index contributed by atoms with van der Waals surface area (Å²) in [5.74, 6) is 0.0754. The molecule has 1 N–H and O–H groups in total. The van der Waals surface area contributed by atoms with Gasteiger partial charge in [0, 0.05) is 11.1 Å². The zero-order chi connectivity index (χ0) is 30.7. The summed E-state index contributed by atoms with van der Waals surface area (Å²) in [7, 11) is 0. The summed E-state index contributed by atoms with van der Waals surface area (Å²) < 4.78 is 53.1. The highest BCUT2D eigenvalue weighted by Gasteiger charge is 2.35. The van der Waals surface area contributed by atoms with E-state index in [4.69, 9.17) is 9.26 Å². The van der Waals surface area contributed by atoms with E-state index in [1.807, 2.05) is 58.9 Å². The summed E-state index contributed by atoms with van der Waals surface area (Å²) in [5, 5.41) is 7.30. The summed E-state index contributed by atoms with van der Waals surface area (Å²) in [6.45, 7) is 11.8. The second-order valence-electron chi connectivity index (χ2n) is 11.7. The molecule has 3 aromatic carbocycles. The highest BCUT2D eigenvalue weighted by molar-refractivity contribution is 5.76. The molecule has 0 radical (unpaired) electrons. The number of carbonyl (C=O) groups is 1. The van der Waals surface area contributed by atoms with Gasteiger partial charge in [-0.3, -0.25) is 4.79 Å². The molecule has 0 aliphatic rings. The van der Waals surface area contributed by atoms with Crippen molar-refractivity contribution in [1.82, 2.24) is 15.5 Å². The Balaban J connectivity index is 1.46. The predicted molar refractivity (Wildman–Crippen MR) is 157 cm³/mol. The van der Waals surface area contributed by atoms with Gasteiger partial charge in [0.05, 0.1) is 5.56 Å². The van der Waals surface area contributed by atoms with Crippen molar-refractivity contribution in [2.45, 2.75) is 65.8 Å². The molecule has 0 spiro atoms. The third kappa shape index (κ3) is 7.64. The second-order valence-corrected chi connectivity index (χ2v) is 11.7. The van der Waals surface area contributed by atoms with Crippen molar-refractivity contribution in [3.05, 3.63) is 83.4 Å². The van der Waals surface area contributed by atoms with Crippen molar-refractivity contribution in [3.8, 4) is 34.0 Å². The van der Waals surface area contributed by atoms with E-state index in [-0.39, 0.29) is 34.7 Å². The molecule has 0 bridgehead atoms. The first-order chi connectivity index (χ1) is 19.7. The number of halogens is 3. The first-order valence-electron chi connectivity index (χ1n) is 13.9. The molecule has 4 rings (SSSR count). The van der Waals surface area contributed by atoms with Crippen molar-refractivity contribution in [2.75, 3.05) is 6.54 Å². The van der Waals surface area contributed by atoms with E-state index >= 15 is 0 Å². The first-order valence-corrected chi connectivity index (χ1v) is 13.9. The van der Waals surface area contributed by atoms with Crippen LogP contribution in [0.3, 0.4) is 0 Å². The summed E-state index contributed by atoms with van der Waals surface area (Å²) in [5.41, 5.74) is 1.93. The second kappa shape index (κ2) is 12.5.